The van der Waals surface area contributed by atoms with E-state index < -0.39 is 6.10 Å². The van der Waals surface area contributed by atoms with Gasteiger partial charge in [-0.1, -0.05) is 11.6 Å². The number of hydrogen-bond acceptors (Lipinski definition) is 4. The Hall–Kier alpha value is -1.79. The second-order valence-corrected chi connectivity index (χ2v) is 9.21. The van der Waals surface area contributed by atoms with Crippen LogP contribution in [0.15, 0.2) is 18.2 Å². The van der Waals surface area contributed by atoms with Crippen molar-refractivity contribution in [2.24, 2.45) is 0 Å². The van der Waals surface area contributed by atoms with Crippen molar-refractivity contribution >= 4 is 23.4 Å². The number of halogens is 1. The quantitative estimate of drug-likeness (QED) is 0.734. The third-order valence-electron chi connectivity index (χ3n) is 4.99. The van der Waals surface area contributed by atoms with E-state index in [9.17, 15) is 9.59 Å². The maximum Gasteiger partial charge on any atom is 0.261 e. The number of hydrogen-bond donors (Lipinski definition) is 3. The Balaban J connectivity index is 1.66. The van der Waals surface area contributed by atoms with Gasteiger partial charge in [0.1, 0.15) is 5.75 Å². The predicted octanol–water partition coefficient (Wildman–Crippen LogP) is 2.65. The molecule has 0 aromatic heterocycles. The molecule has 6 nitrogen and oxygen atoms in total. The molecule has 2 aliphatic heterocycles. The minimum atomic E-state index is -0.527. The highest BCUT2D eigenvalue weighted by atomic mass is 35.5. The fourth-order valence-electron chi connectivity index (χ4n) is 4.27. The molecule has 0 saturated carbocycles. The van der Waals surface area contributed by atoms with Gasteiger partial charge in [-0.2, -0.15) is 0 Å². The summed E-state index contributed by atoms with van der Waals surface area (Å²) in [6.07, 6.45) is 1.79. The summed E-state index contributed by atoms with van der Waals surface area (Å²) < 4.78 is 5.67. The molecule has 2 amide bonds. The van der Waals surface area contributed by atoms with E-state index in [-0.39, 0.29) is 28.9 Å². The molecule has 148 valence electrons. The third-order valence-corrected chi connectivity index (χ3v) is 5.28. The largest absolute Gasteiger partial charge is 0.479 e. The van der Waals surface area contributed by atoms with Crippen LogP contribution in [0.5, 0.6) is 5.75 Å². The van der Waals surface area contributed by atoms with E-state index in [1.54, 1.807) is 18.2 Å². The lowest BCUT2D eigenvalue weighted by atomic mass is 9.79. The summed E-state index contributed by atoms with van der Waals surface area (Å²) in [6.45, 7) is 9.19. The van der Waals surface area contributed by atoms with E-state index in [2.05, 4.69) is 43.6 Å². The second-order valence-electron chi connectivity index (χ2n) is 8.80. The molecule has 2 fully saturated rings. The molecule has 2 aliphatic rings. The minimum Gasteiger partial charge on any atom is -0.479 e. The van der Waals surface area contributed by atoms with Crippen molar-refractivity contribution in [3.63, 3.8) is 0 Å². The average Bonchev–Trinajstić information content (AvgIpc) is 2.91. The van der Waals surface area contributed by atoms with Crippen LogP contribution in [0.2, 0.25) is 5.02 Å². The monoisotopic (exact) mass is 393 g/mol. The predicted molar refractivity (Wildman–Crippen MR) is 105 cm³/mol. The first-order valence-electron chi connectivity index (χ1n) is 9.39. The van der Waals surface area contributed by atoms with Gasteiger partial charge in [-0.3, -0.25) is 9.59 Å². The summed E-state index contributed by atoms with van der Waals surface area (Å²) in [5, 5.41) is 9.79. The van der Waals surface area contributed by atoms with Gasteiger partial charge in [0.15, 0.2) is 6.10 Å². The van der Waals surface area contributed by atoms with Gasteiger partial charge in [-0.15, -0.1) is 0 Å². The Morgan fingerprint density at radius 2 is 1.89 bits per heavy atom. The van der Waals surface area contributed by atoms with Crippen LogP contribution in [0, 0.1) is 0 Å². The Labute approximate surface area is 165 Å². The van der Waals surface area contributed by atoms with E-state index in [1.165, 1.54) is 0 Å². The molecule has 7 heteroatoms. The van der Waals surface area contributed by atoms with Crippen molar-refractivity contribution in [3.05, 3.63) is 28.8 Å². The normalized spacial score (nSPS) is 24.3. The molecule has 3 rings (SSSR count). The number of carbonyl (C=O) groups is 2. The number of ether oxygens (including phenoxy) is 1. The number of piperidine rings is 1. The highest BCUT2D eigenvalue weighted by Gasteiger charge is 2.38. The first-order chi connectivity index (χ1) is 12.5. The van der Waals surface area contributed by atoms with Gasteiger partial charge >= 0.3 is 0 Å². The first-order valence-corrected chi connectivity index (χ1v) is 9.77. The zero-order valence-electron chi connectivity index (χ0n) is 16.3. The van der Waals surface area contributed by atoms with Crippen molar-refractivity contribution in [1.82, 2.24) is 16.0 Å². The second kappa shape index (κ2) is 7.32. The van der Waals surface area contributed by atoms with Crippen molar-refractivity contribution < 1.29 is 14.3 Å². The van der Waals surface area contributed by atoms with E-state index in [1.807, 2.05) is 0 Å². The van der Waals surface area contributed by atoms with Crippen LogP contribution in [0.3, 0.4) is 0 Å². The maximum atomic E-state index is 12.7. The van der Waals surface area contributed by atoms with E-state index in [4.69, 9.17) is 16.3 Å². The molecule has 27 heavy (non-hydrogen) atoms. The zero-order valence-corrected chi connectivity index (χ0v) is 17.1. The lowest BCUT2D eigenvalue weighted by Crippen LogP contribution is -2.62. The smallest absolute Gasteiger partial charge is 0.261 e. The first kappa shape index (κ1) is 20.0. The summed E-state index contributed by atoms with van der Waals surface area (Å²) in [6, 6.07) is 5.01. The summed E-state index contributed by atoms with van der Waals surface area (Å²) in [4.78, 5) is 24.3. The lowest BCUT2D eigenvalue weighted by molar-refractivity contribution is -0.124. The van der Waals surface area contributed by atoms with Gasteiger partial charge in [0.25, 0.3) is 11.8 Å². The van der Waals surface area contributed by atoms with Gasteiger partial charge in [-0.25, -0.2) is 0 Å². The third kappa shape index (κ3) is 4.93. The van der Waals surface area contributed by atoms with Crippen LogP contribution in [0.25, 0.3) is 0 Å². The molecule has 2 saturated heterocycles. The summed E-state index contributed by atoms with van der Waals surface area (Å²) >= 11 is 6.29. The van der Waals surface area contributed by atoms with Crippen molar-refractivity contribution in [2.75, 3.05) is 6.54 Å². The summed E-state index contributed by atoms with van der Waals surface area (Å²) in [7, 11) is 0. The van der Waals surface area contributed by atoms with Crippen molar-refractivity contribution in [1.29, 1.82) is 0 Å². The Morgan fingerprint density at radius 3 is 2.44 bits per heavy atom. The van der Waals surface area contributed by atoms with Crippen LogP contribution in [-0.4, -0.2) is 41.6 Å². The molecule has 0 unspecified atom stereocenters. The molecule has 3 N–H and O–H groups in total. The lowest BCUT2D eigenvalue weighted by Gasteiger charge is -2.46. The molecule has 1 aromatic rings. The molecular formula is C20H28ClN3O3. The number of nitrogens with one attached hydrogen (secondary N) is 3. The summed E-state index contributed by atoms with van der Waals surface area (Å²) in [5.41, 5.74) is 0.394. The van der Waals surface area contributed by atoms with Gasteiger partial charge in [-0.05, 0) is 58.7 Å². The summed E-state index contributed by atoms with van der Waals surface area (Å²) in [5.74, 6) is 0.129. The van der Waals surface area contributed by atoms with Gasteiger partial charge in [0.05, 0.1) is 5.02 Å². The molecular weight excluding hydrogens is 366 g/mol. The SMILES string of the molecule is CC1(C)CC(NC(=O)c2ccc(O[C@H]3CCNC3=O)c(Cl)c2)CC(C)(C)N1. The molecule has 2 heterocycles. The van der Waals surface area contributed by atoms with E-state index in [0.717, 1.165) is 12.8 Å². The number of amides is 2. The van der Waals surface area contributed by atoms with Crippen LogP contribution in [0.4, 0.5) is 0 Å². The highest BCUT2D eigenvalue weighted by Crippen LogP contribution is 2.30. The maximum absolute atomic E-state index is 12.7. The van der Waals surface area contributed by atoms with E-state index in [0.29, 0.717) is 29.3 Å². The van der Waals surface area contributed by atoms with Crippen LogP contribution in [0.1, 0.15) is 57.3 Å². The molecule has 0 radical (unpaired) electrons. The number of benzene rings is 1. The minimum absolute atomic E-state index is 0.0447. The molecule has 1 aromatic carbocycles. The van der Waals surface area contributed by atoms with Crippen LogP contribution < -0.4 is 20.7 Å². The average molecular weight is 394 g/mol. The standard InChI is InChI=1S/C20H28ClN3O3/c1-19(2)10-13(11-20(3,4)24-19)23-17(25)12-5-6-15(14(21)9-12)27-16-7-8-22-18(16)26/h5-6,9,13,16,24H,7-8,10-11H2,1-4H3,(H,22,26)(H,23,25)/t16-/m0/s1. The van der Waals surface area contributed by atoms with Crippen LogP contribution >= 0.6 is 11.6 Å². The van der Waals surface area contributed by atoms with Crippen LogP contribution in [-0.2, 0) is 4.79 Å². The van der Waals surface area contributed by atoms with Crippen molar-refractivity contribution in [3.8, 4) is 5.75 Å². The molecule has 0 spiro atoms. The number of carbonyl (C=O) groups excluding carboxylic acids is 2. The fraction of sp³-hybridized carbons (Fsp3) is 0.600. The van der Waals surface area contributed by atoms with E-state index >= 15 is 0 Å². The zero-order chi connectivity index (χ0) is 19.8. The highest BCUT2D eigenvalue weighted by molar-refractivity contribution is 6.32. The topological polar surface area (TPSA) is 79.5 Å². The Bertz CT molecular complexity index is 732. The Morgan fingerprint density at radius 1 is 1.22 bits per heavy atom. The number of rotatable bonds is 4. The molecule has 0 bridgehead atoms. The molecule has 0 aliphatic carbocycles. The van der Waals surface area contributed by atoms with Gasteiger partial charge in [0.2, 0.25) is 0 Å². The van der Waals surface area contributed by atoms with Crippen molar-refractivity contribution in [2.45, 2.75) is 70.2 Å². The van der Waals surface area contributed by atoms with Gasteiger partial charge < -0.3 is 20.7 Å². The van der Waals surface area contributed by atoms with Gasteiger partial charge in [0, 0.05) is 35.6 Å². The molecule has 1 atom stereocenters. The Kier molecular flexibility index (Phi) is 5.41. The fourth-order valence-corrected chi connectivity index (χ4v) is 4.49.